The molecule has 1 heterocycles. The summed E-state index contributed by atoms with van der Waals surface area (Å²) in [6.45, 7) is 0. The predicted octanol–water partition coefficient (Wildman–Crippen LogP) is 4.57. The second-order valence-electron chi connectivity index (χ2n) is 6.98. The Morgan fingerprint density at radius 1 is 0.680 bits per heavy atom. The maximum absolute atomic E-state index is 2.38. The highest BCUT2D eigenvalue weighted by molar-refractivity contribution is 5.71. The summed E-state index contributed by atoms with van der Waals surface area (Å²) in [4.78, 5) is 0. The van der Waals surface area contributed by atoms with Crippen molar-refractivity contribution in [2.45, 2.75) is 25.7 Å². The number of nitrogens with zero attached hydrogens (tertiary/aromatic N) is 1. The monoisotopic (exact) mass is 326 g/mol. The minimum absolute atomic E-state index is 1.09. The van der Waals surface area contributed by atoms with Gasteiger partial charge in [-0.05, 0) is 59.1 Å². The van der Waals surface area contributed by atoms with Gasteiger partial charge in [-0.15, -0.1) is 0 Å². The van der Waals surface area contributed by atoms with Gasteiger partial charge in [-0.2, -0.15) is 0 Å². The van der Waals surface area contributed by atoms with Crippen LogP contribution in [0.25, 0.3) is 12.2 Å². The van der Waals surface area contributed by atoms with Crippen molar-refractivity contribution < 1.29 is 4.57 Å². The van der Waals surface area contributed by atoms with E-state index in [1.807, 2.05) is 7.05 Å². The predicted molar refractivity (Wildman–Crippen MR) is 104 cm³/mol. The van der Waals surface area contributed by atoms with Gasteiger partial charge in [-0.1, -0.05) is 54.6 Å². The van der Waals surface area contributed by atoms with E-state index in [1.54, 1.807) is 0 Å². The SMILES string of the molecule is C[n+]1ccc(/C=C/c2cc3ccc2CCc2ccc(cc2)CC3)cc1. The van der Waals surface area contributed by atoms with E-state index in [1.165, 1.54) is 33.4 Å². The van der Waals surface area contributed by atoms with Gasteiger partial charge in [0.15, 0.2) is 12.4 Å². The summed E-state index contributed by atoms with van der Waals surface area (Å²) in [6.07, 6.45) is 13.1. The third kappa shape index (κ3) is 3.88. The molecule has 25 heavy (non-hydrogen) atoms. The van der Waals surface area contributed by atoms with Crippen molar-refractivity contribution in [3.8, 4) is 0 Å². The van der Waals surface area contributed by atoms with Gasteiger partial charge in [0.05, 0.1) is 0 Å². The smallest absolute Gasteiger partial charge is 0.169 e. The molecule has 0 radical (unpaired) electrons. The Morgan fingerprint density at radius 2 is 1.28 bits per heavy atom. The molecule has 1 nitrogen and oxygen atoms in total. The molecule has 4 aliphatic rings. The molecular weight excluding hydrogens is 302 g/mol. The number of rotatable bonds is 2. The Hall–Kier alpha value is -2.67. The molecule has 4 bridgehead atoms. The van der Waals surface area contributed by atoms with Crippen LogP contribution in [0.15, 0.2) is 67.0 Å². The summed E-state index contributed by atoms with van der Waals surface area (Å²) < 4.78 is 2.06. The third-order valence-corrected chi connectivity index (χ3v) is 5.08. The normalized spacial score (nSPS) is 13.8. The molecule has 0 spiro atoms. The second-order valence-corrected chi connectivity index (χ2v) is 6.98. The lowest BCUT2D eigenvalue weighted by molar-refractivity contribution is -0.671. The molecule has 124 valence electrons. The van der Waals surface area contributed by atoms with Crippen molar-refractivity contribution in [1.82, 2.24) is 0 Å². The molecule has 0 unspecified atom stereocenters. The van der Waals surface area contributed by atoms with E-state index in [9.17, 15) is 0 Å². The van der Waals surface area contributed by atoms with Crippen LogP contribution in [0, 0.1) is 0 Å². The fourth-order valence-electron chi connectivity index (χ4n) is 3.43. The molecule has 1 heteroatoms. The van der Waals surface area contributed by atoms with Crippen LogP contribution in [-0.4, -0.2) is 0 Å². The lowest BCUT2D eigenvalue weighted by atomic mass is 9.93. The molecule has 4 aliphatic carbocycles. The van der Waals surface area contributed by atoms with Crippen molar-refractivity contribution >= 4 is 12.2 Å². The average Bonchev–Trinajstić information content (AvgIpc) is 2.64. The van der Waals surface area contributed by atoms with Gasteiger partial charge in [-0.25, -0.2) is 4.57 Å². The summed E-state index contributed by atoms with van der Waals surface area (Å²) >= 11 is 0. The van der Waals surface area contributed by atoms with Crippen molar-refractivity contribution in [3.05, 3.63) is 100 Å². The molecule has 0 amide bonds. The fraction of sp³-hybridized carbons (Fsp3) is 0.208. The van der Waals surface area contributed by atoms with Crippen LogP contribution in [0.2, 0.25) is 0 Å². The third-order valence-electron chi connectivity index (χ3n) is 5.08. The number of pyridine rings is 1. The summed E-state index contributed by atoms with van der Waals surface area (Å²) in [5.41, 5.74) is 8.33. The maximum Gasteiger partial charge on any atom is 0.169 e. The molecule has 1 aromatic heterocycles. The van der Waals surface area contributed by atoms with Gasteiger partial charge < -0.3 is 0 Å². The number of aryl methyl sites for hydroxylation is 5. The number of hydrogen-bond acceptors (Lipinski definition) is 0. The number of benzene rings is 2. The second kappa shape index (κ2) is 7.06. The van der Waals surface area contributed by atoms with Gasteiger partial charge in [0.1, 0.15) is 7.05 Å². The lowest BCUT2D eigenvalue weighted by Gasteiger charge is -2.12. The van der Waals surface area contributed by atoms with Gasteiger partial charge in [0, 0.05) is 12.1 Å². The van der Waals surface area contributed by atoms with E-state index in [4.69, 9.17) is 0 Å². The quantitative estimate of drug-likeness (QED) is 0.608. The number of aromatic nitrogens is 1. The van der Waals surface area contributed by atoms with Crippen LogP contribution in [-0.2, 0) is 32.7 Å². The first-order valence-electron chi connectivity index (χ1n) is 9.09. The summed E-state index contributed by atoms with van der Waals surface area (Å²) in [5.74, 6) is 0. The standard InChI is InChI=1S/C24H24N/c1-25-16-14-21(15-17-25)9-13-24-18-22-7-6-19-2-4-20(5-3-19)8-11-23(24)12-10-22/h2-5,9-10,12-18H,6-8,11H2,1H3/q+1/b13-9+. The molecule has 0 N–H and O–H groups in total. The first-order valence-corrected chi connectivity index (χ1v) is 9.09. The van der Waals surface area contributed by atoms with Crippen molar-refractivity contribution in [3.63, 3.8) is 0 Å². The molecule has 2 aromatic carbocycles. The van der Waals surface area contributed by atoms with Crippen LogP contribution >= 0.6 is 0 Å². The van der Waals surface area contributed by atoms with Gasteiger partial charge in [-0.3, -0.25) is 0 Å². The zero-order chi connectivity index (χ0) is 17.1. The van der Waals surface area contributed by atoms with Crippen LogP contribution in [0.5, 0.6) is 0 Å². The molecule has 7 rings (SSSR count). The topological polar surface area (TPSA) is 3.88 Å². The maximum atomic E-state index is 2.38. The molecular formula is C24H24N+. The van der Waals surface area contributed by atoms with Crippen LogP contribution in [0.4, 0.5) is 0 Å². The van der Waals surface area contributed by atoms with Crippen LogP contribution < -0.4 is 4.57 Å². The van der Waals surface area contributed by atoms with E-state index in [-0.39, 0.29) is 0 Å². The molecule has 0 saturated heterocycles. The first-order chi connectivity index (χ1) is 12.3. The van der Waals surface area contributed by atoms with E-state index < -0.39 is 0 Å². The van der Waals surface area contributed by atoms with E-state index in [0.29, 0.717) is 0 Å². The van der Waals surface area contributed by atoms with E-state index in [2.05, 4.69) is 83.7 Å². The van der Waals surface area contributed by atoms with Crippen molar-refractivity contribution in [2.24, 2.45) is 7.05 Å². The van der Waals surface area contributed by atoms with Gasteiger partial charge >= 0.3 is 0 Å². The molecule has 0 atom stereocenters. The Balaban J connectivity index is 1.65. The summed E-state index contributed by atoms with van der Waals surface area (Å²) in [6, 6.07) is 20.5. The van der Waals surface area contributed by atoms with Gasteiger partial charge in [0.2, 0.25) is 0 Å². The Kier molecular flexibility index (Phi) is 4.47. The Labute approximate surface area is 150 Å². The number of hydrogen-bond donors (Lipinski definition) is 0. The minimum Gasteiger partial charge on any atom is -0.208 e. The molecule has 0 fully saturated rings. The average molecular weight is 326 g/mol. The highest BCUT2D eigenvalue weighted by atomic mass is 14.9. The van der Waals surface area contributed by atoms with Crippen molar-refractivity contribution in [1.29, 1.82) is 0 Å². The Morgan fingerprint density at radius 3 is 2.00 bits per heavy atom. The summed E-state index contributed by atoms with van der Waals surface area (Å²) in [5, 5.41) is 0. The zero-order valence-corrected chi connectivity index (χ0v) is 14.8. The molecule has 0 saturated carbocycles. The van der Waals surface area contributed by atoms with Crippen molar-refractivity contribution in [2.75, 3.05) is 0 Å². The highest BCUT2D eigenvalue weighted by Crippen LogP contribution is 2.21. The van der Waals surface area contributed by atoms with Crippen LogP contribution in [0.3, 0.4) is 0 Å². The largest absolute Gasteiger partial charge is 0.208 e. The molecule has 3 aromatic rings. The molecule has 0 aliphatic heterocycles. The fourth-order valence-corrected chi connectivity index (χ4v) is 3.43. The van der Waals surface area contributed by atoms with E-state index >= 15 is 0 Å². The first kappa shape index (κ1) is 15.8. The minimum atomic E-state index is 1.09. The lowest BCUT2D eigenvalue weighted by Crippen LogP contribution is -2.25. The Bertz CT molecular complexity index is 886. The zero-order valence-electron chi connectivity index (χ0n) is 14.8. The summed E-state index contributed by atoms with van der Waals surface area (Å²) in [7, 11) is 2.05. The highest BCUT2D eigenvalue weighted by Gasteiger charge is 2.06. The van der Waals surface area contributed by atoms with Gasteiger partial charge in [0.25, 0.3) is 0 Å². The van der Waals surface area contributed by atoms with E-state index in [0.717, 1.165) is 25.7 Å². The van der Waals surface area contributed by atoms with Crippen LogP contribution in [0.1, 0.15) is 33.4 Å².